The van der Waals surface area contributed by atoms with Gasteiger partial charge in [-0.1, -0.05) is 13.0 Å². The summed E-state index contributed by atoms with van der Waals surface area (Å²) < 4.78 is 42.7. The minimum absolute atomic E-state index is 0.122. The van der Waals surface area contributed by atoms with Crippen LogP contribution in [-0.2, 0) is 11.2 Å². The summed E-state index contributed by atoms with van der Waals surface area (Å²) in [4.78, 5) is 3.23. The molecular formula is C22H19F3N2S. The molecule has 28 heavy (non-hydrogen) atoms. The molecule has 0 aliphatic heterocycles. The van der Waals surface area contributed by atoms with Gasteiger partial charge in [0.2, 0.25) is 0 Å². The van der Waals surface area contributed by atoms with Gasteiger partial charge in [-0.2, -0.15) is 17.0 Å². The number of aromatic amines is 1. The molecule has 0 bridgehead atoms. The molecule has 1 fully saturated rings. The first-order valence-electron chi connectivity index (χ1n) is 9.04. The van der Waals surface area contributed by atoms with E-state index in [2.05, 4.69) is 11.1 Å². The number of nitriles is 1. The van der Waals surface area contributed by atoms with Crippen LogP contribution in [0.15, 0.2) is 36.5 Å². The molecule has 1 aromatic heterocycles. The number of aromatic nitrogens is 1. The zero-order valence-corrected chi connectivity index (χ0v) is 16.3. The summed E-state index contributed by atoms with van der Waals surface area (Å²) in [7, 11) is 0. The summed E-state index contributed by atoms with van der Waals surface area (Å²) in [5.74, 6) is -1.35. The van der Waals surface area contributed by atoms with Crippen LogP contribution in [0.4, 0.5) is 13.2 Å². The van der Waals surface area contributed by atoms with E-state index in [-0.39, 0.29) is 17.7 Å². The number of hydrogen-bond donors (Lipinski definition) is 1. The molecule has 1 aliphatic carbocycles. The van der Waals surface area contributed by atoms with E-state index in [0.29, 0.717) is 23.1 Å². The molecule has 0 amide bonds. The normalized spacial score (nSPS) is 20.7. The van der Waals surface area contributed by atoms with Crippen molar-refractivity contribution in [1.82, 2.24) is 4.98 Å². The molecule has 0 spiro atoms. The van der Waals surface area contributed by atoms with Crippen molar-refractivity contribution in [1.29, 1.82) is 5.26 Å². The largest absolute Gasteiger partial charge is 0.361 e. The molecule has 0 saturated heterocycles. The van der Waals surface area contributed by atoms with Crippen molar-refractivity contribution in [3.05, 3.63) is 70.7 Å². The number of thioether (sulfide) groups is 1. The Hall–Kier alpha value is -2.39. The van der Waals surface area contributed by atoms with Gasteiger partial charge in [0.15, 0.2) is 0 Å². The average molecular weight is 400 g/mol. The minimum atomic E-state index is -0.874. The van der Waals surface area contributed by atoms with E-state index in [1.807, 2.05) is 13.2 Å². The fourth-order valence-electron chi connectivity index (χ4n) is 4.40. The molecule has 144 valence electrons. The zero-order chi connectivity index (χ0) is 20.1. The maximum absolute atomic E-state index is 14.8. The molecule has 1 saturated carbocycles. The van der Waals surface area contributed by atoms with Gasteiger partial charge in [-0.25, -0.2) is 13.2 Å². The Bertz CT molecular complexity index is 1100. The number of H-pyrrole nitrogens is 1. The SMILES string of the molecule is CSCc1cc(F)cc2c(C(C)(c3ccc(F)cc3F)C3CC3C#N)c[nH]c12. The van der Waals surface area contributed by atoms with Gasteiger partial charge in [0.25, 0.3) is 0 Å². The van der Waals surface area contributed by atoms with Crippen LogP contribution in [0.2, 0.25) is 0 Å². The molecule has 1 aliphatic rings. The van der Waals surface area contributed by atoms with Gasteiger partial charge in [0.05, 0.1) is 12.0 Å². The standard InChI is InChI=1S/C22H19F3N2S/c1-22(18-6-12(18)9-26,17-4-3-14(23)8-20(17)25)19-10-27-21-13(11-28-2)5-15(24)7-16(19)21/h3-5,7-8,10,12,18,27H,6,11H2,1-2H3. The highest BCUT2D eigenvalue weighted by Gasteiger charge is 2.54. The highest BCUT2D eigenvalue weighted by Crippen LogP contribution is 2.56. The highest BCUT2D eigenvalue weighted by molar-refractivity contribution is 7.97. The van der Waals surface area contributed by atoms with E-state index in [1.54, 1.807) is 18.0 Å². The van der Waals surface area contributed by atoms with Crippen LogP contribution in [0, 0.1) is 40.6 Å². The number of hydrogen-bond acceptors (Lipinski definition) is 2. The van der Waals surface area contributed by atoms with Crippen molar-refractivity contribution in [3.63, 3.8) is 0 Å². The van der Waals surface area contributed by atoms with Gasteiger partial charge in [-0.15, -0.1) is 0 Å². The van der Waals surface area contributed by atoms with E-state index in [1.165, 1.54) is 24.3 Å². The minimum Gasteiger partial charge on any atom is -0.361 e. The zero-order valence-electron chi connectivity index (χ0n) is 15.5. The third kappa shape index (κ3) is 2.89. The molecule has 2 aromatic carbocycles. The van der Waals surface area contributed by atoms with Gasteiger partial charge in [0.1, 0.15) is 17.5 Å². The lowest BCUT2D eigenvalue weighted by Gasteiger charge is -2.31. The fourth-order valence-corrected chi connectivity index (χ4v) is 4.94. The van der Waals surface area contributed by atoms with E-state index in [0.717, 1.165) is 22.7 Å². The monoisotopic (exact) mass is 400 g/mol. The summed E-state index contributed by atoms with van der Waals surface area (Å²) in [5, 5.41) is 10.1. The van der Waals surface area contributed by atoms with Gasteiger partial charge in [-0.3, -0.25) is 0 Å². The second-order valence-electron chi connectivity index (χ2n) is 7.53. The van der Waals surface area contributed by atoms with Crippen LogP contribution in [0.1, 0.15) is 30.0 Å². The molecule has 6 heteroatoms. The number of fused-ring (bicyclic) bond motifs is 1. The smallest absolute Gasteiger partial charge is 0.130 e. The predicted octanol–water partition coefficient (Wildman–Crippen LogP) is 5.91. The summed E-state index contributed by atoms with van der Waals surface area (Å²) in [6.07, 6.45) is 4.35. The Labute approximate surface area is 165 Å². The first-order chi connectivity index (χ1) is 13.4. The van der Waals surface area contributed by atoms with Crippen LogP contribution < -0.4 is 0 Å². The number of nitrogens with zero attached hydrogens (tertiary/aromatic N) is 1. The summed E-state index contributed by atoms with van der Waals surface area (Å²) >= 11 is 1.59. The fraction of sp³-hybridized carbons (Fsp3) is 0.318. The Morgan fingerprint density at radius 1 is 1.18 bits per heavy atom. The Kier molecular flexibility index (Phi) is 4.67. The number of benzene rings is 2. The molecule has 1 N–H and O–H groups in total. The quantitative estimate of drug-likeness (QED) is 0.578. The van der Waals surface area contributed by atoms with Gasteiger partial charge in [0, 0.05) is 34.3 Å². The molecule has 3 unspecified atom stereocenters. The number of rotatable bonds is 5. The summed E-state index contributed by atoms with van der Waals surface area (Å²) in [5.41, 5.74) is 1.84. The number of halogens is 3. The summed E-state index contributed by atoms with van der Waals surface area (Å²) in [6.45, 7) is 1.87. The average Bonchev–Trinajstić information content (AvgIpc) is 3.33. The van der Waals surface area contributed by atoms with Crippen LogP contribution in [-0.4, -0.2) is 11.2 Å². The van der Waals surface area contributed by atoms with Crippen LogP contribution in [0.5, 0.6) is 0 Å². The van der Waals surface area contributed by atoms with E-state index in [4.69, 9.17) is 0 Å². The third-order valence-electron chi connectivity index (χ3n) is 5.88. The van der Waals surface area contributed by atoms with Crippen LogP contribution in [0.3, 0.4) is 0 Å². The number of nitrogens with one attached hydrogen (secondary N) is 1. The van der Waals surface area contributed by atoms with Crippen molar-refractivity contribution in [2.45, 2.75) is 24.5 Å². The lowest BCUT2D eigenvalue weighted by Crippen LogP contribution is -2.28. The highest BCUT2D eigenvalue weighted by atomic mass is 32.2. The Morgan fingerprint density at radius 2 is 1.96 bits per heavy atom. The van der Waals surface area contributed by atoms with E-state index < -0.39 is 17.0 Å². The second kappa shape index (κ2) is 6.89. The molecule has 3 aromatic rings. The molecule has 1 heterocycles. The molecule has 0 radical (unpaired) electrons. The van der Waals surface area contributed by atoms with E-state index in [9.17, 15) is 18.4 Å². The van der Waals surface area contributed by atoms with Gasteiger partial charge in [-0.05, 0) is 53.5 Å². The van der Waals surface area contributed by atoms with Crippen molar-refractivity contribution in [2.75, 3.05) is 6.26 Å². The van der Waals surface area contributed by atoms with Crippen LogP contribution in [0.25, 0.3) is 10.9 Å². The van der Waals surface area contributed by atoms with Crippen molar-refractivity contribution in [2.24, 2.45) is 11.8 Å². The Balaban J connectivity index is 1.97. The van der Waals surface area contributed by atoms with Gasteiger partial charge >= 0.3 is 0 Å². The predicted molar refractivity (Wildman–Crippen MR) is 105 cm³/mol. The first-order valence-corrected chi connectivity index (χ1v) is 10.4. The van der Waals surface area contributed by atoms with Crippen molar-refractivity contribution in [3.8, 4) is 6.07 Å². The molecular weight excluding hydrogens is 381 g/mol. The molecule has 3 atom stereocenters. The second-order valence-corrected chi connectivity index (χ2v) is 8.39. The summed E-state index contributed by atoms with van der Waals surface area (Å²) in [6, 6.07) is 8.76. The first kappa shape index (κ1) is 18.9. The third-order valence-corrected chi connectivity index (χ3v) is 6.48. The van der Waals surface area contributed by atoms with Crippen molar-refractivity contribution >= 4 is 22.7 Å². The lowest BCUT2D eigenvalue weighted by atomic mass is 9.71. The topological polar surface area (TPSA) is 39.6 Å². The maximum atomic E-state index is 14.8. The van der Waals surface area contributed by atoms with Crippen LogP contribution >= 0.6 is 11.8 Å². The molecule has 4 rings (SSSR count). The molecule has 2 nitrogen and oxygen atoms in total. The van der Waals surface area contributed by atoms with Gasteiger partial charge < -0.3 is 4.98 Å². The van der Waals surface area contributed by atoms with Crippen molar-refractivity contribution < 1.29 is 13.2 Å². The maximum Gasteiger partial charge on any atom is 0.130 e. The Morgan fingerprint density at radius 3 is 2.61 bits per heavy atom. The lowest BCUT2D eigenvalue weighted by molar-refractivity contribution is 0.449. The van der Waals surface area contributed by atoms with E-state index >= 15 is 0 Å².